The fourth-order valence-electron chi connectivity index (χ4n) is 6.67. The van der Waals surface area contributed by atoms with Crippen LogP contribution in [0.15, 0.2) is 53.3 Å². The maximum absolute atomic E-state index is 13.9. The highest BCUT2D eigenvalue weighted by Gasteiger charge is 2.62. The monoisotopic (exact) mass is 487 g/mol. The molecule has 2 aliphatic rings. The van der Waals surface area contributed by atoms with Crippen molar-refractivity contribution in [2.75, 3.05) is 19.6 Å². The highest BCUT2D eigenvalue weighted by Crippen LogP contribution is 2.67. The van der Waals surface area contributed by atoms with E-state index in [0.717, 1.165) is 30.6 Å². The third-order valence-electron chi connectivity index (χ3n) is 9.60. The van der Waals surface area contributed by atoms with Crippen LogP contribution in [0.5, 0.6) is 0 Å². The van der Waals surface area contributed by atoms with Crippen molar-refractivity contribution in [3.8, 4) is 5.69 Å². The van der Waals surface area contributed by atoms with Crippen molar-refractivity contribution in [1.82, 2.24) is 14.3 Å². The van der Waals surface area contributed by atoms with Crippen molar-refractivity contribution < 1.29 is 0 Å². The van der Waals surface area contributed by atoms with Crippen molar-refractivity contribution in [2.45, 2.75) is 86.1 Å². The molecule has 36 heavy (non-hydrogen) atoms. The molecule has 1 saturated carbocycles. The first-order chi connectivity index (χ1) is 17.1. The molecule has 0 unspecified atom stereocenters. The van der Waals surface area contributed by atoms with Crippen LogP contribution in [0.3, 0.4) is 0 Å². The third kappa shape index (κ3) is 4.08. The van der Waals surface area contributed by atoms with E-state index in [2.05, 4.69) is 107 Å². The molecule has 1 aromatic heterocycles. The Morgan fingerprint density at radius 1 is 0.917 bits per heavy atom. The molecule has 194 valence electrons. The molecule has 0 amide bonds. The molecule has 2 aromatic carbocycles. The molecule has 4 nitrogen and oxygen atoms in total. The first-order valence-corrected chi connectivity index (χ1v) is 13.8. The predicted molar refractivity (Wildman–Crippen MR) is 152 cm³/mol. The average molecular weight is 488 g/mol. The second kappa shape index (κ2) is 10.0. The van der Waals surface area contributed by atoms with Crippen LogP contribution in [0.1, 0.15) is 88.2 Å². The van der Waals surface area contributed by atoms with Gasteiger partial charge < -0.3 is 4.90 Å². The molecule has 5 rings (SSSR count). The molecule has 2 aliphatic carbocycles. The van der Waals surface area contributed by atoms with Gasteiger partial charge >= 0.3 is 0 Å². The molecule has 0 saturated heterocycles. The zero-order chi connectivity index (χ0) is 26.3. The molecule has 1 fully saturated rings. The van der Waals surface area contributed by atoms with Crippen molar-refractivity contribution >= 4 is 0 Å². The summed E-state index contributed by atoms with van der Waals surface area (Å²) >= 11 is 0. The largest absolute Gasteiger partial charge is 0.304 e. The summed E-state index contributed by atoms with van der Waals surface area (Å²) in [6.07, 6.45) is 2.27. The van der Waals surface area contributed by atoms with Crippen LogP contribution in [-0.2, 0) is 12.0 Å². The van der Waals surface area contributed by atoms with Crippen LogP contribution >= 0.6 is 0 Å². The van der Waals surface area contributed by atoms with Gasteiger partial charge in [0.1, 0.15) is 0 Å². The van der Waals surface area contributed by atoms with Gasteiger partial charge in [0.05, 0.1) is 17.9 Å². The standard InChI is InChI=1S/C26H30N2O.C6H15N/c1-17-10-9-13-21(18(17)2)28-24(29)22-20-14-15-26(5,25(20,3)4)23(22)27(28)16-19-11-7-6-8-12-19;1-4-7(5-2)6-3/h6-13,20H,14-16H2,1-5H3;4-6H2,1-3H3/t20-,26+;/m0./s1. The number of benzene rings is 2. The number of rotatable bonds is 6. The van der Waals surface area contributed by atoms with Crippen LogP contribution in [0, 0.1) is 19.3 Å². The molecule has 2 bridgehead atoms. The maximum atomic E-state index is 13.9. The third-order valence-corrected chi connectivity index (χ3v) is 9.60. The molecule has 0 N–H and O–H groups in total. The summed E-state index contributed by atoms with van der Waals surface area (Å²) in [5, 5.41) is 0. The van der Waals surface area contributed by atoms with Gasteiger partial charge in [-0.05, 0) is 80.4 Å². The van der Waals surface area contributed by atoms with E-state index in [1.807, 2.05) is 10.7 Å². The van der Waals surface area contributed by atoms with E-state index in [1.165, 1.54) is 42.0 Å². The Morgan fingerprint density at radius 2 is 1.56 bits per heavy atom. The lowest BCUT2D eigenvalue weighted by Gasteiger charge is -2.36. The normalized spacial score (nSPS) is 21.4. The smallest absolute Gasteiger partial charge is 0.275 e. The highest BCUT2D eigenvalue weighted by molar-refractivity contribution is 5.50. The summed E-state index contributed by atoms with van der Waals surface area (Å²) in [6, 6.07) is 16.8. The molecule has 3 aromatic rings. The molecule has 0 aliphatic heterocycles. The van der Waals surface area contributed by atoms with E-state index < -0.39 is 0 Å². The minimum Gasteiger partial charge on any atom is -0.304 e. The first kappa shape index (κ1) is 26.5. The quantitative estimate of drug-likeness (QED) is 0.382. The summed E-state index contributed by atoms with van der Waals surface area (Å²) in [6.45, 7) is 22.2. The minimum atomic E-state index is 0.0317. The van der Waals surface area contributed by atoms with E-state index in [0.29, 0.717) is 5.92 Å². The van der Waals surface area contributed by atoms with Crippen LogP contribution in [0.25, 0.3) is 5.69 Å². The Kier molecular flexibility index (Phi) is 7.39. The summed E-state index contributed by atoms with van der Waals surface area (Å²) in [5.41, 5.74) is 7.32. The van der Waals surface area contributed by atoms with Gasteiger partial charge in [-0.25, -0.2) is 4.68 Å². The van der Waals surface area contributed by atoms with Crippen LogP contribution in [0.2, 0.25) is 0 Å². The van der Waals surface area contributed by atoms with E-state index >= 15 is 0 Å². The molecule has 1 heterocycles. The average Bonchev–Trinajstić information content (AvgIpc) is 3.35. The fraction of sp³-hybridized carbons (Fsp3) is 0.531. The van der Waals surface area contributed by atoms with Gasteiger partial charge in [0.2, 0.25) is 0 Å². The number of aromatic nitrogens is 2. The van der Waals surface area contributed by atoms with E-state index in [9.17, 15) is 4.79 Å². The fourth-order valence-corrected chi connectivity index (χ4v) is 6.67. The van der Waals surface area contributed by atoms with Crippen molar-refractivity contribution in [3.05, 3.63) is 86.8 Å². The van der Waals surface area contributed by atoms with Crippen LogP contribution in [-0.4, -0.2) is 33.9 Å². The van der Waals surface area contributed by atoms with Crippen LogP contribution in [0.4, 0.5) is 0 Å². The molecule has 4 heteroatoms. The topological polar surface area (TPSA) is 30.2 Å². The Labute approximate surface area is 217 Å². The van der Waals surface area contributed by atoms with E-state index in [4.69, 9.17) is 0 Å². The van der Waals surface area contributed by atoms with Crippen LogP contribution < -0.4 is 5.56 Å². The Bertz CT molecular complexity index is 1260. The Balaban J connectivity index is 0.000000384. The Morgan fingerprint density at radius 3 is 2.14 bits per heavy atom. The zero-order valence-corrected chi connectivity index (χ0v) is 23.7. The van der Waals surface area contributed by atoms with E-state index in [1.54, 1.807) is 0 Å². The summed E-state index contributed by atoms with van der Waals surface area (Å²) in [4.78, 5) is 16.3. The van der Waals surface area contributed by atoms with Crippen molar-refractivity contribution in [3.63, 3.8) is 0 Å². The lowest BCUT2D eigenvalue weighted by molar-refractivity contribution is 0.216. The zero-order valence-electron chi connectivity index (χ0n) is 23.7. The molecule has 2 atom stereocenters. The second-order valence-electron chi connectivity index (χ2n) is 11.4. The number of fused-ring (bicyclic) bond motifs is 5. The molecule has 0 radical (unpaired) electrons. The lowest BCUT2D eigenvalue weighted by atomic mass is 9.70. The van der Waals surface area contributed by atoms with Gasteiger partial charge in [-0.2, -0.15) is 0 Å². The number of hydrogen-bond donors (Lipinski definition) is 0. The van der Waals surface area contributed by atoms with Gasteiger partial charge in [0.25, 0.3) is 5.56 Å². The number of nitrogens with zero attached hydrogens (tertiary/aromatic N) is 3. The number of hydrogen-bond acceptors (Lipinski definition) is 2. The second-order valence-corrected chi connectivity index (χ2v) is 11.4. The first-order valence-electron chi connectivity index (χ1n) is 13.8. The van der Waals surface area contributed by atoms with Gasteiger partial charge in [-0.15, -0.1) is 0 Å². The van der Waals surface area contributed by atoms with Gasteiger partial charge in [0.15, 0.2) is 0 Å². The minimum absolute atomic E-state index is 0.0317. The SMILES string of the molecule is CCN(CC)CC.Cc1cccc(-n2c(=O)c3c(n2Cc2ccccc2)[C@@]2(C)CC[C@@H]3C2(C)C)c1C. The molecule has 0 spiro atoms. The predicted octanol–water partition coefficient (Wildman–Crippen LogP) is 6.83. The van der Waals surface area contributed by atoms with Crippen molar-refractivity contribution in [1.29, 1.82) is 0 Å². The Hall–Kier alpha value is -2.59. The highest BCUT2D eigenvalue weighted by atomic mass is 16.1. The van der Waals surface area contributed by atoms with Crippen molar-refractivity contribution in [2.24, 2.45) is 5.41 Å². The summed E-state index contributed by atoms with van der Waals surface area (Å²) < 4.78 is 4.28. The van der Waals surface area contributed by atoms with Gasteiger partial charge in [-0.1, -0.05) is 84.0 Å². The summed E-state index contributed by atoms with van der Waals surface area (Å²) in [5.74, 6) is 0.350. The van der Waals surface area contributed by atoms with Gasteiger partial charge in [0, 0.05) is 11.0 Å². The summed E-state index contributed by atoms with van der Waals surface area (Å²) in [7, 11) is 0. The number of aryl methyl sites for hydroxylation is 1. The van der Waals surface area contributed by atoms with E-state index in [-0.39, 0.29) is 16.4 Å². The molecular weight excluding hydrogens is 442 g/mol. The lowest BCUT2D eigenvalue weighted by Crippen LogP contribution is -2.36. The molecular formula is C32H45N3O. The van der Waals surface area contributed by atoms with Gasteiger partial charge in [-0.3, -0.25) is 9.48 Å². The maximum Gasteiger partial charge on any atom is 0.275 e.